The quantitative estimate of drug-likeness (QED) is 0.748. The minimum Gasteiger partial charge on any atom is -0.480 e. The molecule has 0 N–H and O–H groups in total. The molecule has 0 fully saturated rings. The zero-order valence-electron chi connectivity index (χ0n) is 7.88. The van der Waals surface area contributed by atoms with Gasteiger partial charge >= 0.3 is 0 Å². The molecule has 1 rings (SSSR count). The van der Waals surface area contributed by atoms with Crippen molar-refractivity contribution in [2.45, 2.75) is 20.0 Å². The first-order valence-corrected chi connectivity index (χ1v) is 4.13. The number of ketones is 1. The van der Waals surface area contributed by atoms with Crippen LogP contribution < -0.4 is 4.74 Å². The van der Waals surface area contributed by atoms with Gasteiger partial charge in [0.05, 0.1) is 0 Å². The van der Waals surface area contributed by atoms with Crippen LogP contribution in [0.5, 0.6) is 5.75 Å². The number of carbonyl (C=O) groups is 1. The number of carbonyl (C=O) groups excluding carboxylic acids is 1. The zero-order valence-corrected chi connectivity index (χ0v) is 7.88. The van der Waals surface area contributed by atoms with Gasteiger partial charge in [0, 0.05) is 6.07 Å². The summed E-state index contributed by atoms with van der Waals surface area (Å²) in [5.41, 5.74) is 0. The fraction of sp³-hybridized carbons (Fsp3) is 0.300. The Hall–Kier alpha value is -1.45. The van der Waals surface area contributed by atoms with Gasteiger partial charge in [-0.25, -0.2) is 8.78 Å². The highest BCUT2D eigenvalue weighted by Crippen LogP contribution is 2.18. The van der Waals surface area contributed by atoms with Gasteiger partial charge in [0.25, 0.3) is 0 Å². The highest BCUT2D eigenvalue weighted by Gasteiger charge is 2.12. The van der Waals surface area contributed by atoms with E-state index in [1.807, 2.05) is 0 Å². The molecule has 0 aliphatic rings. The fourth-order valence-corrected chi connectivity index (χ4v) is 0.844. The number of hydrogen-bond acceptors (Lipinski definition) is 2. The minimum atomic E-state index is -0.807. The topological polar surface area (TPSA) is 26.3 Å². The molecule has 0 bridgehead atoms. The van der Waals surface area contributed by atoms with E-state index in [1.54, 1.807) is 0 Å². The summed E-state index contributed by atoms with van der Waals surface area (Å²) < 4.78 is 30.4. The average molecular weight is 200 g/mol. The Morgan fingerprint density at radius 3 is 2.57 bits per heavy atom. The highest BCUT2D eigenvalue weighted by atomic mass is 19.1. The van der Waals surface area contributed by atoms with E-state index in [2.05, 4.69) is 0 Å². The Balaban J connectivity index is 2.82. The van der Waals surface area contributed by atoms with Crippen molar-refractivity contribution in [2.75, 3.05) is 0 Å². The van der Waals surface area contributed by atoms with Crippen molar-refractivity contribution in [3.63, 3.8) is 0 Å². The molecule has 0 saturated carbocycles. The summed E-state index contributed by atoms with van der Waals surface area (Å²) in [5.74, 6) is -1.81. The summed E-state index contributed by atoms with van der Waals surface area (Å²) in [6, 6.07) is 2.94. The van der Waals surface area contributed by atoms with E-state index in [9.17, 15) is 13.6 Å². The van der Waals surface area contributed by atoms with Crippen LogP contribution in [0.2, 0.25) is 0 Å². The first kappa shape index (κ1) is 10.6. The molecule has 0 unspecified atom stereocenters. The van der Waals surface area contributed by atoms with Crippen LogP contribution in [0, 0.1) is 11.6 Å². The Morgan fingerprint density at radius 2 is 2.07 bits per heavy atom. The summed E-state index contributed by atoms with van der Waals surface area (Å²) in [6.07, 6.45) is -0.727. The van der Waals surface area contributed by atoms with Gasteiger partial charge in [-0.2, -0.15) is 0 Å². The van der Waals surface area contributed by atoms with Gasteiger partial charge in [0.1, 0.15) is 5.82 Å². The monoisotopic (exact) mass is 200 g/mol. The summed E-state index contributed by atoms with van der Waals surface area (Å²) in [4.78, 5) is 10.8. The second-order valence-electron chi connectivity index (χ2n) is 2.95. The van der Waals surface area contributed by atoms with Crippen LogP contribution in [0.4, 0.5) is 8.78 Å². The first-order valence-electron chi connectivity index (χ1n) is 4.13. The molecule has 76 valence electrons. The Morgan fingerprint density at radius 1 is 1.43 bits per heavy atom. The molecule has 14 heavy (non-hydrogen) atoms. The summed E-state index contributed by atoms with van der Waals surface area (Å²) in [7, 11) is 0. The van der Waals surface area contributed by atoms with Gasteiger partial charge in [-0.15, -0.1) is 0 Å². The van der Waals surface area contributed by atoms with E-state index >= 15 is 0 Å². The normalized spacial score (nSPS) is 12.3. The lowest BCUT2D eigenvalue weighted by Gasteiger charge is -2.11. The van der Waals surface area contributed by atoms with Crippen LogP contribution in [0.15, 0.2) is 18.2 Å². The van der Waals surface area contributed by atoms with Crippen LogP contribution in [-0.2, 0) is 4.79 Å². The number of benzene rings is 1. The van der Waals surface area contributed by atoms with Gasteiger partial charge in [0.15, 0.2) is 23.5 Å². The molecule has 0 radical (unpaired) electrons. The van der Waals surface area contributed by atoms with Crippen molar-refractivity contribution < 1.29 is 18.3 Å². The van der Waals surface area contributed by atoms with Crippen LogP contribution in [0.3, 0.4) is 0 Å². The van der Waals surface area contributed by atoms with Crippen LogP contribution in [0.25, 0.3) is 0 Å². The maximum absolute atomic E-state index is 13.0. The fourth-order valence-electron chi connectivity index (χ4n) is 0.844. The summed E-state index contributed by atoms with van der Waals surface area (Å²) in [6.45, 7) is 2.84. The molecule has 1 atom stereocenters. The maximum atomic E-state index is 13.0. The molecule has 0 aliphatic heterocycles. The molecule has 0 aliphatic carbocycles. The van der Waals surface area contributed by atoms with Gasteiger partial charge in [0.2, 0.25) is 0 Å². The van der Waals surface area contributed by atoms with Gasteiger partial charge in [-0.1, -0.05) is 0 Å². The third kappa shape index (κ3) is 2.52. The summed E-state index contributed by atoms with van der Waals surface area (Å²) >= 11 is 0. The molecular weight excluding hydrogens is 190 g/mol. The zero-order chi connectivity index (χ0) is 10.7. The van der Waals surface area contributed by atoms with Gasteiger partial charge in [-0.3, -0.25) is 4.79 Å². The molecule has 0 spiro atoms. The second-order valence-corrected chi connectivity index (χ2v) is 2.95. The Bertz CT molecular complexity index is 350. The number of halogens is 2. The largest absolute Gasteiger partial charge is 0.480 e. The molecule has 0 heterocycles. The number of ether oxygens (including phenoxy) is 1. The molecule has 0 saturated heterocycles. The molecule has 0 amide bonds. The Labute approximate surface area is 80.5 Å². The van der Waals surface area contributed by atoms with E-state index in [0.29, 0.717) is 6.07 Å². The van der Waals surface area contributed by atoms with Crippen LogP contribution >= 0.6 is 0 Å². The molecule has 1 aromatic carbocycles. The lowest BCUT2D eigenvalue weighted by Crippen LogP contribution is -2.21. The van der Waals surface area contributed by atoms with E-state index in [-0.39, 0.29) is 11.5 Å². The van der Waals surface area contributed by atoms with Crippen molar-refractivity contribution in [2.24, 2.45) is 0 Å². The van der Waals surface area contributed by atoms with E-state index < -0.39 is 17.7 Å². The smallest absolute Gasteiger partial charge is 0.169 e. The number of rotatable bonds is 3. The van der Waals surface area contributed by atoms with E-state index in [0.717, 1.165) is 12.1 Å². The lowest BCUT2D eigenvalue weighted by molar-refractivity contribution is -0.122. The molecule has 4 heteroatoms. The minimum absolute atomic E-state index is 0.117. The SMILES string of the molecule is CC(=O)[C@H](C)Oc1ccc(F)cc1F. The van der Waals surface area contributed by atoms with E-state index in [1.165, 1.54) is 13.8 Å². The molecule has 2 nitrogen and oxygen atoms in total. The lowest BCUT2D eigenvalue weighted by atomic mass is 10.3. The first-order chi connectivity index (χ1) is 6.50. The van der Waals surface area contributed by atoms with Gasteiger partial charge in [-0.05, 0) is 26.0 Å². The highest BCUT2D eigenvalue weighted by molar-refractivity contribution is 5.80. The third-order valence-corrected chi connectivity index (χ3v) is 1.77. The molecule has 0 aromatic heterocycles. The van der Waals surface area contributed by atoms with Crippen molar-refractivity contribution >= 4 is 5.78 Å². The van der Waals surface area contributed by atoms with Crippen LogP contribution in [-0.4, -0.2) is 11.9 Å². The predicted octanol–water partition coefficient (Wildman–Crippen LogP) is 2.32. The van der Waals surface area contributed by atoms with Crippen molar-refractivity contribution in [3.8, 4) is 5.75 Å². The molecule has 1 aromatic rings. The van der Waals surface area contributed by atoms with Crippen LogP contribution in [0.1, 0.15) is 13.8 Å². The van der Waals surface area contributed by atoms with Gasteiger partial charge < -0.3 is 4.74 Å². The predicted molar refractivity (Wildman–Crippen MR) is 47.1 cm³/mol. The van der Waals surface area contributed by atoms with Crippen molar-refractivity contribution in [3.05, 3.63) is 29.8 Å². The number of hydrogen-bond donors (Lipinski definition) is 0. The van der Waals surface area contributed by atoms with E-state index in [4.69, 9.17) is 4.74 Å². The standard InChI is InChI=1S/C10H10F2O2/c1-6(13)7(2)14-10-4-3-8(11)5-9(10)12/h3-5,7H,1-2H3/t7-/m0/s1. The number of Topliss-reactive ketones (excluding diaryl/α,β-unsaturated/α-hetero) is 1. The average Bonchev–Trinajstić information content (AvgIpc) is 2.09. The summed E-state index contributed by atoms with van der Waals surface area (Å²) in [5, 5.41) is 0. The third-order valence-electron chi connectivity index (χ3n) is 1.77. The van der Waals surface area contributed by atoms with Crippen molar-refractivity contribution in [1.82, 2.24) is 0 Å². The second kappa shape index (κ2) is 4.17. The Kier molecular flexibility index (Phi) is 3.17. The maximum Gasteiger partial charge on any atom is 0.169 e. The van der Waals surface area contributed by atoms with Crippen molar-refractivity contribution in [1.29, 1.82) is 0 Å². The molecular formula is C10H10F2O2.